The Hall–Kier alpha value is -0.580. The van der Waals surface area contributed by atoms with Crippen LogP contribution in [-0.4, -0.2) is 6.29 Å². The smallest absolute Gasteiger partial charge is 0.150 e. The Labute approximate surface area is 111 Å². The second-order valence-corrected chi connectivity index (χ2v) is 6.07. The molecule has 0 N–H and O–H groups in total. The van der Waals surface area contributed by atoms with Crippen LogP contribution in [0.1, 0.15) is 15.2 Å². The van der Waals surface area contributed by atoms with Crippen LogP contribution in [0.15, 0.2) is 45.1 Å². The molecule has 1 heterocycles. The van der Waals surface area contributed by atoms with Crippen LogP contribution in [0.25, 0.3) is 0 Å². The number of aldehydes is 1. The third-order valence-electron chi connectivity index (χ3n) is 2.06. The van der Waals surface area contributed by atoms with E-state index in [0.29, 0.717) is 0 Å². The highest BCUT2D eigenvalue weighted by atomic mass is 79.9. The number of halogens is 1. The van der Waals surface area contributed by atoms with Crippen molar-refractivity contribution in [3.05, 3.63) is 50.6 Å². The first kappa shape index (κ1) is 11.9. The van der Waals surface area contributed by atoms with E-state index in [4.69, 9.17) is 0 Å². The van der Waals surface area contributed by atoms with Crippen molar-refractivity contribution >= 4 is 45.3 Å². The highest BCUT2D eigenvalue weighted by Crippen LogP contribution is 2.30. The van der Waals surface area contributed by atoms with E-state index in [0.717, 1.165) is 27.0 Å². The van der Waals surface area contributed by atoms with Gasteiger partial charge in [0.2, 0.25) is 0 Å². The van der Waals surface area contributed by atoms with Crippen LogP contribution in [-0.2, 0) is 5.75 Å². The standard InChI is InChI=1S/C12H9BrOS2/c13-11-4-5-15-12(11)8-16-10-3-1-2-9(6-10)7-14/h1-7H,8H2. The quantitative estimate of drug-likeness (QED) is 0.605. The van der Waals surface area contributed by atoms with Gasteiger partial charge in [-0.05, 0) is 39.5 Å². The predicted octanol–water partition coefficient (Wildman–Crippen LogP) is 4.62. The van der Waals surface area contributed by atoms with Crippen molar-refractivity contribution in [1.82, 2.24) is 0 Å². The molecule has 0 radical (unpaired) electrons. The van der Waals surface area contributed by atoms with Gasteiger partial charge < -0.3 is 0 Å². The van der Waals surface area contributed by atoms with E-state index in [2.05, 4.69) is 27.4 Å². The van der Waals surface area contributed by atoms with Gasteiger partial charge in [0.15, 0.2) is 0 Å². The van der Waals surface area contributed by atoms with Crippen molar-refractivity contribution in [2.24, 2.45) is 0 Å². The molecule has 0 aliphatic heterocycles. The molecule has 1 aromatic carbocycles. The van der Waals surface area contributed by atoms with Crippen molar-refractivity contribution in [3.8, 4) is 0 Å². The molecule has 2 rings (SSSR count). The fourth-order valence-corrected chi connectivity index (χ4v) is 4.01. The van der Waals surface area contributed by atoms with Crippen LogP contribution in [0, 0.1) is 0 Å². The lowest BCUT2D eigenvalue weighted by atomic mass is 10.2. The van der Waals surface area contributed by atoms with E-state index >= 15 is 0 Å². The van der Waals surface area contributed by atoms with Crippen LogP contribution in [0.3, 0.4) is 0 Å². The summed E-state index contributed by atoms with van der Waals surface area (Å²) in [5.74, 6) is 0.931. The number of hydrogen-bond acceptors (Lipinski definition) is 3. The molecule has 0 spiro atoms. The number of carbonyl (C=O) groups is 1. The van der Waals surface area contributed by atoms with Gasteiger partial charge in [-0.25, -0.2) is 0 Å². The van der Waals surface area contributed by atoms with Gasteiger partial charge in [-0.15, -0.1) is 23.1 Å². The lowest BCUT2D eigenvalue weighted by Crippen LogP contribution is -1.81. The maximum Gasteiger partial charge on any atom is 0.150 e. The molecule has 1 aromatic heterocycles. The highest BCUT2D eigenvalue weighted by molar-refractivity contribution is 9.10. The Morgan fingerprint density at radius 1 is 1.38 bits per heavy atom. The predicted molar refractivity (Wildman–Crippen MR) is 73.4 cm³/mol. The van der Waals surface area contributed by atoms with Gasteiger partial charge >= 0.3 is 0 Å². The third-order valence-corrected chi connectivity index (χ3v) is 5.18. The monoisotopic (exact) mass is 312 g/mol. The van der Waals surface area contributed by atoms with E-state index in [-0.39, 0.29) is 0 Å². The molecule has 0 aliphatic carbocycles. The second kappa shape index (κ2) is 5.66. The van der Waals surface area contributed by atoms with Crippen LogP contribution in [0.5, 0.6) is 0 Å². The minimum atomic E-state index is 0.732. The van der Waals surface area contributed by atoms with Crippen LogP contribution >= 0.6 is 39.0 Å². The number of rotatable bonds is 4. The SMILES string of the molecule is O=Cc1cccc(SCc2sccc2Br)c1. The molecular weight excluding hydrogens is 304 g/mol. The molecule has 0 unspecified atom stereocenters. The molecule has 0 saturated carbocycles. The van der Waals surface area contributed by atoms with Crippen molar-refractivity contribution < 1.29 is 4.79 Å². The Morgan fingerprint density at radius 2 is 2.25 bits per heavy atom. The summed E-state index contributed by atoms with van der Waals surface area (Å²) in [6.07, 6.45) is 0.880. The van der Waals surface area contributed by atoms with Gasteiger partial charge in [0, 0.05) is 25.6 Å². The second-order valence-electron chi connectivity index (χ2n) is 3.17. The van der Waals surface area contributed by atoms with E-state index in [9.17, 15) is 4.79 Å². The summed E-state index contributed by atoms with van der Waals surface area (Å²) >= 11 is 6.99. The lowest BCUT2D eigenvalue weighted by Gasteiger charge is -2.01. The summed E-state index contributed by atoms with van der Waals surface area (Å²) in [7, 11) is 0. The summed E-state index contributed by atoms with van der Waals surface area (Å²) in [6, 6.07) is 9.73. The van der Waals surface area contributed by atoms with Gasteiger partial charge in [-0.3, -0.25) is 4.79 Å². The Morgan fingerprint density at radius 3 is 2.94 bits per heavy atom. The van der Waals surface area contributed by atoms with Crippen LogP contribution in [0.4, 0.5) is 0 Å². The number of benzene rings is 1. The number of hydrogen-bond donors (Lipinski definition) is 0. The number of thioether (sulfide) groups is 1. The molecule has 4 heteroatoms. The third kappa shape index (κ3) is 2.97. The summed E-state index contributed by atoms with van der Waals surface area (Å²) in [4.78, 5) is 13.1. The van der Waals surface area contributed by atoms with Gasteiger partial charge in [0.25, 0.3) is 0 Å². The molecule has 16 heavy (non-hydrogen) atoms. The minimum absolute atomic E-state index is 0.732. The van der Waals surface area contributed by atoms with E-state index in [1.54, 1.807) is 23.1 Å². The van der Waals surface area contributed by atoms with Gasteiger partial charge in [-0.1, -0.05) is 12.1 Å². The zero-order valence-electron chi connectivity index (χ0n) is 8.35. The molecule has 0 amide bonds. The zero-order chi connectivity index (χ0) is 11.4. The van der Waals surface area contributed by atoms with E-state index in [1.807, 2.05) is 24.3 Å². The van der Waals surface area contributed by atoms with Gasteiger partial charge in [0.1, 0.15) is 6.29 Å². The fraction of sp³-hybridized carbons (Fsp3) is 0.0833. The topological polar surface area (TPSA) is 17.1 Å². The van der Waals surface area contributed by atoms with Crippen molar-refractivity contribution in [2.75, 3.05) is 0 Å². The van der Waals surface area contributed by atoms with E-state index in [1.165, 1.54) is 4.88 Å². The lowest BCUT2D eigenvalue weighted by molar-refractivity contribution is 0.112. The first-order valence-electron chi connectivity index (χ1n) is 4.69. The molecule has 0 bridgehead atoms. The van der Waals surface area contributed by atoms with Gasteiger partial charge in [-0.2, -0.15) is 0 Å². The first-order valence-corrected chi connectivity index (χ1v) is 7.35. The minimum Gasteiger partial charge on any atom is -0.298 e. The van der Waals surface area contributed by atoms with E-state index < -0.39 is 0 Å². The summed E-state index contributed by atoms with van der Waals surface area (Å²) in [6.45, 7) is 0. The first-order chi connectivity index (χ1) is 7.79. The van der Waals surface area contributed by atoms with Crippen molar-refractivity contribution in [1.29, 1.82) is 0 Å². The molecule has 82 valence electrons. The molecule has 0 saturated heterocycles. The average Bonchev–Trinajstić information content (AvgIpc) is 2.72. The molecule has 0 fully saturated rings. The largest absolute Gasteiger partial charge is 0.298 e. The molecule has 0 aliphatic rings. The van der Waals surface area contributed by atoms with Crippen LogP contribution in [0.2, 0.25) is 0 Å². The molecule has 0 atom stereocenters. The van der Waals surface area contributed by atoms with Crippen LogP contribution < -0.4 is 0 Å². The number of carbonyl (C=O) groups excluding carboxylic acids is 1. The summed E-state index contributed by atoms with van der Waals surface area (Å²) in [5, 5.41) is 2.07. The summed E-state index contributed by atoms with van der Waals surface area (Å²) in [5.41, 5.74) is 0.732. The molecule has 2 aromatic rings. The maximum atomic E-state index is 10.6. The van der Waals surface area contributed by atoms with Crippen molar-refractivity contribution in [3.63, 3.8) is 0 Å². The Balaban J connectivity index is 2.04. The summed E-state index contributed by atoms with van der Waals surface area (Å²) < 4.78 is 1.16. The highest BCUT2D eigenvalue weighted by Gasteiger charge is 2.02. The Kier molecular flexibility index (Phi) is 4.21. The van der Waals surface area contributed by atoms with Crippen molar-refractivity contribution in [2.45, 2.75) is 10.6 Å². The fourth-order valence-electron chi connectivity index (χ4n) is 1.25. The Bertz CT molecular complexity index is 493. The van der Waals surface area contributed by atoms with Gasteiger partial charge in [0.05, 0.1) is 0 Å². The number of thiophene rings is 1. The normalized spacial score (nSPS) is 10.3. The molecular formula is C12H9BrOS2. The molecule has 1 nitrogen and oxygen atoms in total. The maximum absolute atomic E-state index is 10.6. The zero-order valence-corrected chi connectivity index (χ0v) is 11.6. The average molecular weight is 313 g/mol.